The number of carbonyl (C=O) groups excluding carboxylic acids is 3. The first-order valence-corrected chi connectivity index (χ1v) is 61.1. The van der Waals surface area contributed by atoms with Crippen LogP contribution in [-0.2, 0) is 86.9 Å². The van der Waals surface area contributed by atoms with E-state index in [2.05, 4.69) is 457 Å². The van der Waals surface area contributed by atoms with E-state index in [1.807, 2.05) is 66.7 Å². The van der Waals surface area contributed by atoms with Crippen LogP contribution in [-0.4, -0.2) is 66.4 Å². The predicted octanol–water partition coefficient (Wildman–Crippen LogP) is 35.9. The van der Waals surface area contributed by atoms with E-state index in [1.165, 1.54) is 75.2 Å². The van der Waals surface area contributed by atoms with Gasteiger partial charge in [-0.1, -0.05) is 366 Å². The zero-order chi connectivity index (χ0) is 111. The Morgan fingerprint density at radius 3 is 0.980 bits per heavy atom. The fourth-order valence-corrected chi connectivity index (χ4v) is 20.7. The summed E-state index contributed by atoms with van der Waals surface area (Å²) in [6, 6.07) is 83.2. The number of aldehydes is 3. The molecule has 5 N–H and O–H groups in total. The second-order valence-corrected chi connectivity index (χ2v) is 62.5. The summed E-state index contributed by atoms with van der Waals surface area (Å²) in [4.78, 5) is 43.8. The molecule has 0 aliphatic rings. The van der Waals surface area contributed by atoms with Crippen LogP contribution in [0.2, 0.25) is 39.3 Å². The highest BCUT2D eigenvalue weighted by atomic mass is 32.2. The third-order valence-electron chi connectivity index (χ3n) is 25.6. The minimum atomic E-state index is -1.84. The average Bonchev–Trinajstić information content (AvgIpc) is 0.898. The van der Waals surface area contributed by atoms with Crippen molar-refractivity contribution in [2.45, 2.75) is 367 Å². The molecule has 12 aromatic carbocycles. The van der Waals surface area contributed by atoms with Gasteiger partial charge < -0.3 is 49.6 Å². The molecule has 12 rings (SSSR count). The quantitative estimate of drug-likeness (QED) is 0.0222. The summed E-state index contributed by atoms with van der Waals surface area (Å²) in [5, 5.41) is 32.4. The van der Waals surface area contributed by atoms with Crippen LogP contribution in [0.3, 0.4) is 0 Å². The van der Waals surface area contributed by atoms with Crippen molar-refractivity contribution >= 4 is 87.5 Å². The van der Waals surface area contributed by atoms with E-state index in [1.54, 1.807) is 36.7 Å². The molecule has 0 amide bonds. The average molecular weight is 2070 g/mol. The van der Waals surface area contributed by atoms with E-state index in [0.29, 0.717) is 55.3 Å². The van der Waals surface area contributed by atoms with E-state index in [0.717, 1.165) is 111 Å². The molecule has 148 heavy (non-hydrogen) atoms. The van der Waals surface area contributed by atoms with Gasteiger partial charge >= 0.3 is 0 Å². The molecule has 0 radical (unpaired) electrons. The monoisotopic (exact) mass is 2070 g/mol. The van der Waals surface area contributed by atoms with Crippen LogP contribution in [0.4, 0.5) is 28.4 Å². The number of phenolic OH excluding ortho intramolecular Hbond substituents is 2. The minimum Gasteiger partial charge on any atom is -0.544 e. The summed E-state index contributed by atoms with van der Waals surface area (Å²) in [5.74, 6) is 3.77. The smallest absolute Gasteiger partial charge is 0.242 e. The highest BCUT2D eigenvalue weighted by molar-refractivity contribution is 7.99. The maximum absolute atomic E-state index is 11.8. The summed E-state index contributed by atoms with van der Waals surface area (Å²) in [5.41, 5.74) is 24.2. The molecule has 0 spiro atoms. The summed E-state index contributed by atoms with van der Waals surface area (Å²) in [6.45, 7) is 86.2. The summed E-state index contributed by atoms with van der Waals surface area (Å²) in [7, 11) is 0.226. The summed E-state index contributed by atoms with van der Waals surface area (Å²) >= 11 is 3.55. The largest absolute Gasteiger partial charge is 0.544 e. The lowest BCUT2D eigenvalue weighted by atomic mass is 9.79. The number of methoxy groups -OCH3 is 1. The number of hydrogen-bond donors (Lipinski definition) is 5. The number of aromatic hydroxyl groups is 2. The first-order chi connectivity index (χ1) is 68.5. The van der Waals surface area contributed by atoms with E-state index in [4.69, 9.17) is 13.6 Å². The molecule has 0 aromatic heterocycles. The lowest BCUT2D eigenvalue weighted by Gasteiger charge is -2.34. The van der Waals surface area contributed by atoms with Gasteiger partial charge in [-0.25, -0.2) is 0 Å². The van der Waals surface area contributed by atoms with Crippen LogP contribution in [0.5, 0.6) is 28.7 Å². The molecule has 0 bridgehead atoms. The first-order valence-electron chi connectivity index (χ1n) is 52.6. The Bertz CT molecular complexity index is 6400. The van der Waals surface area contributed by atoms with Gasteiger partial charge in [0.1, 0.15) is 28.7 Å². The van der Waals surface area contributed by atoms with Crippen LogP contribution in [0.25, 0.3) is 0 Å². The Kier molecular flexibility index (Phi) is 41.7. The van der Waals surface area contributed by atoms with Crippen molar-refractivity contribution in [3.8, 4) is 28.7 Å². The van der Waals surface area contributed by atoms with Crippen molar-refractivity contribution in [2.75, 3.05) is 46.5 Å². The number of carbonyl (C=O) groups is 3. The van der Waals surface area contributed by atoms with Crippen molar-refractivity contribution in [1.29, 1.82) is 0 Å². The molecule has 0 fully saturated rings. The zero-order valence-corrected chi connectivity index (χ0v) is 101. The molecule has 0 saturated carbocycles. The maximum Gasteiger partial charge on any atom is 0.242 e. The molecule has 0 aliphatic heterocycles. The van der Waals surface area contributed by atoms with Gasteiger partial charge in [-0.15, -0.1) is 0 Å². The lowest BCUT2D eigenvalue weighted by molar-refractivity contribution is 0.111. The molecule has 0 atom stereocenters. The van der Waals surface area contributed by atoms with Gasteiger partial charge in [0.05, 0.1) is 12.8 Å². The molecular formula is C131H179N5O8S2Si2. The third kappa shape index (κ3) is 35.7. The van der Waals surface area contributed by atoms with Crippen molar-refractivity contribution in [3.63, 3.8) is 0 Å². The van der Waals surface area contributed by atoms with Crippen LogP contribution in [0.15, 0.2) is 262 Å². The Balaban J connectivity index is 0.000000226. The fraction of sp³-hybridized carbons (Fsp3) is 0.427. The number of nitrogens with zero attached hydrogens (tertiary/aromatic N) is 2. The Hall–Kier alpha value is -11.2. The number of para-hydroxylation sites is 5. The van der Waals surface area contributed by atoms with E-state index >= 15 is 0 Å². The van der Waals surface area contributed by atoms with Gasteiger partial charge in [-0.2, -0.15) is 0 Å². The molecule has 0 saturated heterocycles. The number of anilines is 5. The van der Waals surface area contributed by atoms with E-state index in [-0.39, 0.29) is 54.1 Å². The number of nitrogens with one attached hydrogen (secondary N) is 3. The fourth-order valence-electron chi connectivity index (χ4n) is 17.0. The second-order valence-electron chi connectivity index (χ2n) is 51.5. The predicted molar refractivity (Wildman–Crippen MR) is 642 cm³/mol. The topological polar surface area (TPSA) is 162 Å². The highest BCUT2D eigenvalue weighted by Crippen LogP contribution is 2.48. The standard InChI is InChI=1S/C28H43NO2Si.2C28H35NOS.C25H37NO2Si.C22H29NO2/c1-11-16-29(25-15-13-12-14-21(25)20-30)19-22-17-23(27(2,3)4)18-24(28(5,6)7)26(22)31-32(8,9)10;1-27(2,3)21-17-20(26(30-7)23(18-21)28(4,5)6)19-29-24-15-11-12-16-25(24)31-22-13-9-8-10-14-22;1-27(2,3)21-17-20(26(30)23(18-21)28(4,5)6)19-29(7)24-15-11-12-16-25(24)31-22-13-9-8-10-14-22;1-24(2,3)20-14-19(16-26-22-13-11-10-12-18(22)17-27)23(28-29(7,8)9)21(15-20)25(4,5)6;1-21(2,3)17-11-16(20(25)18(12-17)22(4,5)6)13-23-19-10-8-7-9-15(19)14-24/h12-15,17-18,20H,11,16,19H2,1-10H3;8-18,29H,19H2,1-7H3;8-18,30H,19H2,1-7H3;10-15,17,26H,16H2,1-9H3;7-12,14,23,25H,13H2,1-6H3. The van der Waals surface area contributed by atoms with Crippen LogP contribution in [0.1, 0.15) is 336 Å². The highest BCUT2D eigenvalue weighted by Gasteiger charge is 2.35. The van der Waals surface area contributed by atoms with Crippen LogP contribution < -0.4 is 39.3 Å². The van der Waals surface area contributed by atoms with E-state index in [9.17, 15) is 24.6 Å². The first kappa shape index (κ1) is 122. The molecule has 0 unspecified atom stereocenters. The normalized spacial score (nSPS) is 12.3. The number of benzene rings is 12. The van der Waals surface area contributed by atoms with Crippen LogP contribution in [0, 0.1) is 0 Å². The molecular weight excluding hydrogens is 1890 g/mol. The minimum absolute atomic E-state index is 0.00240. The second kappa shape index (κ2) is 50.6. The van der Waals surface area contributed by atoms with Crippen LogP contribution >= 0.6 is 23.5 Å². The third-order valence-corrected chi connectivity index (χ3v) is 29.4. The molecule has 796 valence electrons. The van der Waals surface area contributed by atoms with Gasteiger partial charge in [0.15, 0.2) is 18.9 Å². The van der Waals surface area contributed by atoms with Crippen molar-refractivity contribution in [3.05, 3.63) is 343 Å². The molecule has 0 aliphatic carbocycles. The molecule has 17 heteroatoms. The van der Waals surface area contributed by atoms with Crippen molar-refractivity contribution in [2.24, 2.45) is 0 Å². The molecule has 0 heterocycles. The van der Waals surface area contributed by atoms with Gasteiger partial charge in [-0.05, 0) is 265 Å². The SMILES string of the molecule is CC(C)(C)c1cc(CNc2ccccc2C=O)c(O)c(C(C)(C)C)c1.CC(C)(C)c1cc(CNc2ccccc2C=O)c(O[Si](C)(C)C)c(C(C)(C)C)c1.CCCN(Cc1cc(C(C)(C)C)cc(C(C)(C)C)c1O[Si](C)(C)C)c1ccccc1C=O.CN(Cc1cc(C(C)(C)C)cc(C(C)(C)C)c1O)c1ccccc1Sc1ccccc1.COc1c(CNc2ccccc2Sc2ccccc2)cc(C(C)(C)C)cc1C(C)(C)C. The van der Waals surface area contributed by atoms with Gasteiger partial charge in [0, 0.05) is 139 Å². The van der Waals surface area contributed by atoms with Crippen molar-refractivity contribution in [1.82, 2.24) is 0 Å². The lowest BCUT2D eigenvalue weighted by Crippen LogP contribution is -2.33. The number of hydrogen-bond acceptors (Lipinski definition) is 15. The van der Waals surface area contributed by atoms with Gasteiger partial charge in [-0.3, -0.25) is 14.4 Å². The maximum atomic E-state index is 11.8. The Morgan fingerprint density at radius 2 is 0.601 bits per heavy atom. The number of ether oxygens (including phenoxy) is 1. The Labute approximate surface area is 903 Å². The van der Waals surface area contributed by atoms with Crippen molar-refractivity contribution < 1.29 is 38.2 Å². The van der Waals surface area contributed by atoms with Gasteiger partial charge in [0.25, 0.3) is 0 Å². The Morgan fingerprint density at radius 1 is 0.311 bits per heavy atom. The van der Waals surface area contributed by atoms with E-state index < -0.39 is 16.6 Å². The number of rotatable bonds is 29. The van der Waals surface area contributed by atoms with Gasteiger partial charge in [0.2, 0.25) is 16.6 Å². The molecule has 13 nitrogen and oxygen atoms in total. The summed E-state index contributed by atoms with van der Waals surface area (Å²) in [6.07, 6.45) is 3.70. The number of phenols is 2. The molecule has 12 aromatic rings. The summed E-state index contributed by atoms with van der Waals surface area (Å²) < 4.78 is 19.3. The zero-order valence-electron chi connectivity index (χ0n) is 97.3.